The van der Waals surface area contributed by atoms with E-state index in [2.05, 4.69) is 13.0 Å². The highest BCUT2D eigenvalue weighted by atomic mass is 32.2. The SMILES string of the molecule is C[C@H]1Cc2cc(/C=C3\SC(=S)N(C4CCCC4)C3=O)ccc2O1. The molecule has 0 bridgehead atoms. The first-order valence-electron chi connectivity index (χ1n) is 8.18. The van der Waals surface area contributed by atoms with Crippen molar-refractivity contribution < 1.29 is 9.53 Å². The number of rotatable bonds is 2. The van der Waals surface area contributed by atoms with Gasteiger partial charge in [-0.15, -0.1) is 0 Å². The summed E-state index contributed by atoms with van der Waals surface area (Å²) in [5.74, 6) is 1.05. The van der Waals surface area contributed by atoms with Crippen LogP contribution in [0.5, 0.6) is 5.75 Å². The van der Waals surface area contributed by atoms with E-state index in [0.717, 1.165) is 35.5 Å². The van der Waals surface area contributed by atoms with Crippen molar-refractivity contribution in [2.75, 3.05) is 0 Å². The number of benzene rings is 1. The van der Waals surface area contributed by atoms with E-state index in [-0.39, 0.29) is 12.0 Å². The van der Waals surface area contributed by atoms with Crippen LogP contribution in [0.2, 0.25) is 0 Å². The second-order valence-electron chi connectivity index (χ2n) is 6.49. The highest BCUT2D eigenvalue weighted by Crippen LogP contribution is 2.38. The maximum atomic E-state index is 12.7. The van der Waals surface area contributed by atoms with Crippen LogP contribution >= 0.6 is 24.0 Å². The average molecular weight is 345 g/mol. The minimum absolute atomic E-state index is 0.0806. The van der Waals surface area contributed by atoms with E-state index < -0.39 is 0 Å². The van der Waals surface area contributed by atoms with E-state index in [0.29, 0.717) is 10.4 Å². The van der Waals surface area contributed by atoms with Gasteiger partial charge >= 0.3 is 0 Å². The number of hydrogen-bond donors (Lipinski definition) is 0. The first-order chi connectivity index (χ1) is 11.1. The summed E-state index contributed by atoms with van der Waals surface area (Å²) in [6.07, 6.45) is 7.69. The van der Waals surface area contributed by atoms with Crippen molar-refractivity contribution in [1.82, 2.24) is 4.90 Å². The molecule has 2 heterocycles. The fourth-order valence-electron chi connectivity index (χ4n) is 3.64. The first-order valence-corrected chi connectivity index (χ1v) is 9.41. The topological polar surface area (TPSA) is 29.5 Å². The van der Waals surface area contributed by atoms with Gasteiger partial charge in [-0.3, -0.25) is 9.69 Å². The van der Waals surface area contributed by atoms with Gasteiger partial charge in [-0.25, -0.2) is 0 Å². The van der Waals surface area contributed by atoms with E-state index in [9.17, 15) is 4.79 Å². The summed E-state index contributed by atoms with van der Waals surface area (Å²) in [7, 11) is 0. The Morgan fingerprint density at radius 2 is 2.13 bits per heavy atom. The number of amides is 1. The Bertz CT molecular complexity index is 707. The molecule has 0 aromatic heterocycles. The van der Waals surface area contributed by atoms with E-state index in [4.69, 9.17) is 17.0 Å². The quantitative estimate of drug-likeness (QED) is 0.595. The number of hydrogen-bond acceptors (Lipinski definition) is 4. The Balaban J connectivity index is 1.58. The molecule has 0 spiro atoms. The van der Waals surface area contributed by atoms with Crippen molar-refractivity contribution >= 4 is 40.3 Å². The van der Waals surface area contributed by atoms with Crippen LogP contribution in [-0.2, 0) is 11.2 Å². The first kappa shape index (κ1) is 15.2. The molecule has 3 nitrogen and oxygen atoms in total. The van der Waals surface area contributed by atoms with Gasteiger partial charge in [0.2, 0.25) is 0 Å². The molecule has 0 radical (unpaired) electrons. The molecular formula is C18H19NO2S2. The minimum Gasteiger partial charge on any atom is -0.490 e. The van der Waals surface area contributed by atoms with Gasteiger partial charge in [-0.2, -0.15) is 0 Å². The molecular weight excluding hydrogens is 326 g/mol. The van der Waals surface area contributed by atoms with Gasteiger partial charge in [0.15, 0.2) is 0 Å². The Morgan fingerprint density at radius 1 is 1.35 bits per heavy atom. The lowest BCUT2D eigenvalue weighted by Crippen LogP contribution is -2.36. The second kappa shape index (κ2) is 5.95. The lowest BCUT2D eigenvalue weighted by molar-refractivity contribution is -0.123. The average Bonchev–Trinajstić information content (AvgIpc) is 3.19. The van der Waals surface area contributed by atoms with Crippen LogP contribution in [0.15, 0.2) is 23.1 Å². The lowest BCUT2D eigenvalue weighted by atomic mass is 10.1. The van der Waals surface area contributed by atoms with E-state index in [1.165, 1.54) is 30.2 Å². The number of ether oxygens (including phenoxy) is 1. The highest BCUT2D eigenvalue weighted by molar-refractivity contribution is 8.26. The maximum Gasteiger partial charge on any atom is 0.266 e. The second-order valence-corrected chi connectivity index (χ2v) is 8.17. The molecule has 1 saturated heterocycles. The highest BCUT2D eigenvalue weighted by Gasteiger charge is 2.38. The van der Waals surface area contributed by atoms with E-state index in [1.54, 1.807) is 0 Å². The number of carbonyl (C=O) groups is 1. The van der Waals surface area contributed by atoms with Gasteiger partial charge in [0.1, 0.15) is 16.2 Å². The van der Waals surface area contributed by atoms with Crippen molar-refractivity contribution in [1.29, 1.82) is 0 Å². The molecule has 0 unspecified atom stereocenters. The van der Waals surface area contributed by atoms with Gasteiger partial charge in [-0.05, 0) is 49.1 Å². The molecule has 1 aliphatic carbocycles. The zero-order chi connectivity index (χ0) is 16.0. The van der Waals surface area contributed by atoms with E-state index >= 15 is 0 Å². The standard InChI is InChI=1S/C18H19NO2S2/c1-11-8-13-9-12(6-7-15(13)21-11)10-16-17(20)19(18(22)23-16)14-4-2-3-5-14/h6-7,9-11,14H,2-5,8H2,1H3/b16-10-/t11-/m0/s1. The molecule has 2 aliphatic heterocycles. The van der Waals surface area contributed by atoms with Crippen molar-refractivity contribution in [2.24, 2.45) is 0 Å². The fourth-order valence-corrected chi connectivity index (χ4v) is 5.04. The fraction of sp³-hybridized carbons (Fsp3) is 0.444. The predicted octanol–water partition coefficient (Wildman–Crippen LogP) is 4.15. The van der Waals surface area contributed by atoms with Crippen molar-refractivity contribution in [2.45, 2.75) is 51.2 Å². The smallest absolute Gasteiger partial charge is 0.266 e. The number of nitrogens with zero attached hydrogens (tertiary/aromatic N) is 1. The van der Waals surface area contributed by atoms with Crippen LogP contribution in [0.3, 0.4) is 0 Å². The molecule has 0 N–H and O–H groups in total. The summed E-state index contributed by atoms with van der Waals surface area (Å²) >= 11 is 6.88. The zero-order valence-corrected chi connectivity index (χ0v) is 14.7. The molecule has 5 heteroatoms. The third-order valence-corrected chi connectivity index (χ3v) is 6.06. The van der Waals surface area contributed by atoms with E-state index in [1.807, 2.05) is 23.1 Å². The Kier molecular flexibility index (Phi) is 3.93. The summed E-state index contributed by atoms with van der Waals surface area (Å²) < 4.78 is 6.45. The molecule has 1 atom stereocenters. The van der Waals surface area contributed by atoms with Gasteiger partial charge in [0.25, 0.3) is 5.91 Å². The molecule has 2 fully saturated rings. The molecule has 3 aliphatic rings. The summed E-state index contributed by atoms with van der Waals surface area (Å²) in [4.78, 5) is 15.3. The van der Waals surface area contributed by atoms with Gasteiger partial charge in [-0.1, -0.05) is 42.9 Å². The summed E-state index contributed by atoms with van der Waals surface area (Å²) in [6, 6.07) is 6.45. The largest absolute Gasteiger partial charge is 0.490 e. The zero-order valence-electron chi connectivity index (χ0n) is 13.1. The van der Waals surface area contributed by atoms with Crippen LogP contribution < -0.4 is 4.74 Å². The van der Waals surface area contributed by atoms with Gasteiger partial charge < -0.3 is 4.74 Å². The normalized spacial score (nSPS) is 26.2. The minimum atomic E-state index is 0.0806. The van der Waals surface area contributed by atoms with Gasteiger partial charge in [0, 0.05) is 12.5 Å². The van der Waals surface area contributed by atoms with Gasteiger partial charge in [0.05, 0.1) is 4.91 Å². The van der Waals surface area contributed by atoms with Crippen LogP contribution in [0.4, 0.5) is 0 Å². The molecule has 1 aromatic carbocycles. The van der Waals surface area contributed by atoms with Crippen molar-refractivity contribution in [3.63, 3.8) is 0 Å². The summed E-state index contributed by atoms with van der Waals surface area (Å²) in [5, 5.41) is 0. The third-order valence-electron chi connectivity index (χ3n) is 4.73. The molecule has 23 heavy (non-hydrogen) atoms. The Morgan fingerprint density at radius 3 is 2.91 bits per heavy atom. The molecule has 1 saturated carbocycles. The van der Waals surface area contributed by atoms with Crippen molar-refractivity contribution in [3.8, 4) is 5.75 Å². The molecule has 120 valence electrons. The number of thiocarbonyl (C=S) groups is 1. The maximum absolute atomic E-state index is 12.7. The number of fused-ring (bicyclic) bond motifs is 1. The predicted molar refractivity (Wildman–Crippen MR) is 97.5 cm³/mol. The monoisotopic (exact) mass is 345 g/mol. The lowest BCUT2D eigenvalue weighted by Gasteiger charge is -2.21. The van der Waals surface area contributed by atoms with Crippen LogP contribution in [0.1, 0.15) is 43.7 Å². The van der Waals surface area contributed by atoms with Crippen LogP contribution in [-0.4, -0.2) is 27.3 Å². The molecule has 1 aromatic rings. The molecule has 1 amide bonds. The number of thioether (sulfide) groups is 1. The van der Waals surface area contributed by atoms with Crippen LogP contribution in [0.25, 0.3) is 6.08 Å². The third kappa shape index (κ3) is 2.81. The number of carbonyl (C=O) groups excluding carboxylic acids is 1. The Labute approximate surface area is 146 Å². The van der Waals surface area contributed by atoms with Crippen LogP contribution in [0, 0.1) is 0 Å². The Hall–Kier alpha value is -1.33. The summed E-state index contributed by atoms with van der Waals surface area (Å²) in [5.41, 5.74) is 2.27. The molecule has 4 rings (SSSR count). The van der Waals surface area contributed by atoms with Crippen molar-refractivity contribution in [3.05, 3.63) is 34.2 Å². The summed E-state index contributed by atoms with van der Waals surface area (Å²) in [6.45, 7) is 2.08.